The number of amides is 1. The van der Waals surface area contributed by atoms with Crippen molar-refractivity contribution in [2.75, 3.05) is 50.0 Å². The minimum atomic E-state index is -0.286. The fourth-order valence-corrected chi connectivity index (χ4v) is 5.64. The van der Waals surface area contributed by atoms with Gasteiger partial charge in [-0.1, -0.05) is 22.9 Å². The first-order valence-electron chi connectivity index (χ1n) is 10.0. The Bertz CT molecular complexity index is 1050. The van der Waals surface area contributed by atoms with Crippen molar-refractivity contribution in [2.24, 2.45) is 0 Å². The summed E-state index contributed by atoms with van der Waals surface area (Å²) in [6, 6.07) is 9.97. The molecule has 0 unspecified atom stereocenters. The van der Waals surface area contributed by atoms with E-state index in [2.05, 4.69) is 4.90 Å². The molecule has 1 aliphatic heterocycles. The van der Waals surface area contributed by atoms with E-state index in [-0.39, 0.29) is 17.5 Å². The SMILES string of the molecule is Cc1cc(Cl)cc2sc(N(CCN3CCOCC3)C(=O)CSc3ccc(F)cc3)nc12. The lowest BCUT2D eigenvalue weighted by molar-refractivity contribution is -0.116. The van der Waals surface area contributed by atoms with Crippen LogP contribution >= 0.6 is 34.7 Å². The van der Waals surface area contributed by atoms with Gasteiger partial charge in [-0.05, 0) is 48.9 Å². The molecule has 5 nitrogen and oxygen atoms in total. The first-order chi connectivity index (χ1) is 15.0. The number of fused-ring (bicyclic) bond motifs is 1. The van der Waals surface area contributed by atoms with Crippen LogP contribution in [0.2, 0.25) is 5.02 Å². The Morgan fingerprint density at radius 3 is 2.77 bits per heavy atom. The van der Waals surface area contributed by atoms with Crippen molar-refractivity contribution in [1.29, 1.82) is 0 Å². The summed E-state index contributed by atoms with van der Waals surface area (Å²) in [7, 11) is 0. The number of aryl methyl sites for hydroxylation is 1. The summed E-state index contributed by atoms with van der Waals surface area (Å²) in [6.45, 7) is 6.44. The van der Waals surface area contributed by atoms with Crippen LogP contribution in [0.4, 0.5) is 9.52 Å². The number of ether oxygens (including phenoxy) is 1. The van der Waals surface area contributed by atoms with Crippen LogP contribution < -0.4 is 4.90 Å². The lowest BCUT2D eigenvalue weighted by Gasteiger charge is -2.29. The molecule has 0 aliphatic carbocycles. The van der Waals surface area contributed by atoms with Gasteiger partial charge in [0.15, 0.2) is 5.13 Å². The molecule has 2 aromatic carbocycles. The number of thiazole rings is 1. The van der Waals surface area contributed by atoms with Gasteiger partial charge in [0.1, 0.15) is 5.82 Å². The molecule has 1 amide bonds. The molecular weight excluding hydrogens is 457 g/mol. The smallest absolute Gasteiger partial charge is 0.239 e. The first kappa shape index (κ1) is 22.5. The minimum Gasteiger partial charge on any atom is -0.379 e. The molecule has 0 N–H and O–H groups in total. The number of hydrogen-bond donors (Lipinski definition) is 0. The molecule has 31 heavy (non-hydrogen) atoms. The third-order valence-corrected chi connectivity index (χ3v) is 7.33. The molecule has 0 bridgehead atoms. The molecule has 0 atom stereocenters. The molecule has 0 spiro atoms. The van der Waals surface area contributed by atoms with Gasteiger partial charge in [-0.15, -0.1) is 11.8 Å². The van der Waals surface area contributed by atoms with Gasteiger partial charge in [-0.3, -0.25) is 14.6 Å². The number of benzene rings is 2. The standard InChI is InChI=1S/C22H23ClFN3O2S2/c1-15-12-16(23)13-19-21(15)25-22(31-19)27(7-6-26-8-10-29-11-9-26)20(28)14-30-18-4-2-17(24)3-5-18/h2-5,12-13H,6-11,14H2,1H3. The van der Waals surface area contributed by atoms with Crippen molar-refractivity contribution in [1.82, 2.24) is 9.88 Å². The normalized spacial score (nSPS) is 14.8. The highest BCUT2D eigenvalue weighted by Crippen LogP contribution is 2.33. The summed E-state index contributed by atoms with van der Waals surface area (Å²) in [5.41, 5.74) is 1.87. The van der Waals surface area contributed by atoms with Gasteiger partial charge in [0.2, 0.25) is 5.91 Å². The van der Waals surface area contributed by atoms with Crippen molar-refractivity contribution >= 4 is 56.0 Å². The van der Waals surface area contributed by atoms with Gasteiger partial charge < -0.3 is 4.74 Å². The van der Waals surface area contributed by atoms with E-state index in [1.807, 2.05) is 19.1 Å². The van der Waals surface area contributed by atoms with Crippen LogP contribution in [0.1, 0.15) is 5.56 Å². The van der Waals surface area contributed by atoms with E-state index in [1.54, 1.807) is 17.0 Å². The lowest BCUT2D eigenvalue weighted by Crippen LogP contribution is -2.43. The third kappa shape index (κ3) is 5.75. The zero-order valence-electron chi connectivity index (χ0n) is 17.1. The summed E-state index contributed by atoms with van der Waals surface area (Å²) >= 11 is 9.09. The van der Waals surface area contributed by atoms with Crippen molar-refractivity contribution in [2.45, 2.75) is 11.8 Å². The minimum absolute atomic E-state index is 0.0228. The van der Waals surface area contributed by atoms with Crippen LogP contribution in [0.5, 0.6) is 0 Å². The van der Waals surface area contributed by atoms with Gasteiger partial charge >= 0.3 is 0 Å². The maximum absolute atomic E-state index is 13.2. The van der Waals surface area contributed by atoms with Crippen LogP contribution in [0.25, 0.3) is 10.2 Å². The number of carbonyl (C=O) groups is 1. The Labute approximate surface area is 194 Å². The number of carbonyl (C=O) groups excluding carboxylic acids is 1. The van der Waals surface area contributed by atoms with Crippen LogP contribution in [0, 0.1) is 12.7 Å². The molecule has 3 aromatic rings. The highest BCUT2D eigenvalue weighted by Gasteiger charge is 2.22. The topological polar surface area (TPSA) is 45.7 Å². The molecule has 4 rings (SSSR count). The van der Waals surface area contributed by atoms with Gasteiger partial charge in [-0.2, -0.15) is 0 Å². The molecular formula is C22H23ClFN3O2S2. The van der Waals surface area contributed by atoms with Crippen LogP contribution in [-0.2, 0) is 9.53 Å². The van der Waals surface area contributed by atoms with Crippen LogP contribution in [-0.4, -0.2) is 60.9 Å². The molecule has 1 aliphatic rings. The molecule has 1 fully saturated rings. The maximum Gasteiger partial charge on any atom is 0.239 e. The number of rotatable bonds is 7. The quantitative estimate of drug-likeness (QED) is 0.453. The molecule has 2 heterocycles. The molecule has 164 valence electrons. The number of hydrogen-bond acceptors (Lipinski definition) is 6. The number of aromatic nitrogens is 1. The second-order valence-corrected chi connectivity index (χ2v) is 9.80. The molecule has 0 radical (unpaired) electrons. The maximum atomic E-state index is 13.2. The Morgan fingerprint density at radius 1 is 1.29 bits per heavy atom. The third-order valence-electron chi connectivity index (χ3n) is 5.09. The van der Waals surface area contributed by atoms with Gasteiger partial charge in [0.25, 0.3) is 0 Å². The molecule has 9 heteroatoms. The van der Waals surface area contributed by atoms with Crippen molar-refractivity contribution in [3.05, 3.63) is 52.8 Å². The summed E-state index contributed by atoms with van der Waals surface area (Å²) in [4.78, 5) is 22.9. The Morgan fingerprint density at radius 2 is 2.03 bits per heavy atom. The second kappa shape index (κ2) is 10.3. The summed E-state index contributed by atoms with van der Waals surface area (Å²) in [6.07, 6.45) is 0. The van der Waals surface area contributed by atoms with Crippen molar-refractivity contribution < 1.29 is 13.9 Å². The van der Waals surface area contributed by atoms with Gasteiger partial charge in [0.05, 0.1) is 29.2 Å². The number of morpholine rings is 1. The predicted molar refractivity (Wildman–Crippen MR) is 126 cm³/mol. The Hall–Kier alpha value is -1.71. The van der Waals surface area contributed by atoms with Gasteiger partial charge in [-0.25, -0.2) is 9.37 Å². The summed E-state index contributed by atoms with van der Waals surface area (Å²) in [5, 5.41) is 1.34. The monoisotopic (exact) mass is 479 g/mol. The number of halogens is 2. The largest absolute Gasteiger partial charge is 0.379 e. The second-order valence-electron chi connectivity index (χ2n) is 7.31. The molecule has 1 saturated heterocycles. The van der Waals surface area contributed by atoms with E-state index in [9.17, 15) is 9.18 Å². The first-order valence-corrected chi connectivity index (χ1v) is 12.2. The van der Waals surface area contributed by atoms with E-state index in [0.29, 0.717) is 29.9 Å². The summed E-state index contributed by atoms with van der Waals surface area (Å²) < 4.78 is 19.6. The Balaban J connectivity index is 1.53. The summed E-state index contributed by atoms with van der Waals surface area (Å²) in [5.74, 6) is -0.0542. The molecule has 1 aromatic heterocycles. The van der Waals surface area contributed by atoms with E-state index < -0.39 is 0 Å². The average Bonchev–Trinajstić information content (AvgIpc) is 3.18. The lowest BCUT2D eigenvalue weighted by atomic mass is 10.2. The fraction of sp³-hybridized carbons (Fsp3) is 0.364. The van der Waals surface area contributed by atoms with E-state index >= 15 is 0 Å². The number of nitrogens with zero attached hydrogens (tertiary/aromatic N) is 3. The highest BCUT2D eigenvalue weighted by molar-refractivity contribution is 8.00. The van der Waals surface area contributed by atoms with E-state index in [1.165, 1.54) is 35.2 Å². The average molecular weight is 480 g/mol. The Kier molecular flexibility index (Phi) is 7.45. The highest BCUT2D eigenvalue weighted by atomic mass is 35.5. The predicted octanol–water partition coefficient (Wildman–Crippen LogP) is 4.85. The van der Waals surface area contributed by atoms with Crippen molar-refractivity contribution in [3.63, 3.8) is 0 Å². The van der Waals surface area contributed by atoms with E-state index in [4.69, 9.17) is 21.3 Å². The van der Waals surface area contributed by atoms with Crippen molar-refractivity contribution in [3.8, 4) is 0 Å². The fourth-order valence-electron chi connectivity index (χ4n) is 3.41. The van der Waals surface area contributed by atoms with Gasteiger partial charge in [0, 0.05) is 36.1 Å². The number of anilines is 1. The zero-order chi connectivity index (χ0) is 21.8. The van der Waals surface area contributed by atoms with E-state index in [0.717, 1.165) is 40.3 Å². The number of thioether (sulfide) groups is 1. The zero-order valence-corrected chi connectivity index (χ0v) is 19.5. The van der Waals surface area contributed by atoms with Crippen LogP contribution in [0.3, 0.4) is 0 Å². The van der Waals surface area contributed by atoms with Crippen LogP contribution in [0.15, 0.2) is 41.3 Å². The molecule has 0 saturated carbocycles.